The Morgan fingerprint density at radius 1 is 0.864 bits per heavy atom. The average molecular weight is 296 g/mol. The van der Waals surface area contributed by atoms with Crippen LogP contribution < -0.4 is 0 Å². The van der Waals surface area contributed by atoms with Gasteiger partial charge in [0.05, 0.1) is 26.7 Å². The zero-order valence-corrected chi connectivity index (χ0v) is 13.4. The Bertz CT molecular complexity index is 521. The van der Waals surface area contributed by atoms with Gasteiger partial charge in [-0.3, -0.25) is 0 Å². The lowest BCUT2D eigenvalue weighted by molar-refractivity contribution is -0.898. The van der Waals surface area contributed by atoms with Crippen LogP contribution >= 0.6 is 0 Å². The summed E-state index contributed by atoms with van der Waals surface area (Å²) in [5.74, 6) is 0. The van der Waals surface area contributed by atoms with Gasteiger partial charge in [-0.25, -0.2) is 0 Å². The molecule has 2 aromatic rings. The molecule has 1 heterocycles. The van der Waals surface area contributed by atoms with Crippen molar-refractivity contribution in [1.29, 1.82) is 0 Å². The minimum absolute atomic E-state index is 0.0385. The molecular weight excluding hydrogens is 270 g/mol. The first-order chi connectivity index (χ1) is 10.8. The summed E-state index contributed by atoms with van der Waals surface area (Å²) in [5, 5.41) is 0. The van der Waals surface area contributed by atoms with Gasteiger partial charge in [-0.15, -0.1) is 0 Å². The monoisotopic (exact) mass is 296 g/mol. The number of hydrogen-bond acceptors (Lipinski definition) is 1. The van der Waals surface area contributed by atoms with Gasteiger partial charge in [0.25, 0.3) is 0 Å². The Hall–Kier alpha value is -1.64. The van der Waals surface area contributed by atoms with Crippen molar-refractivity contribution in [3.05, 3.63) is 71.8 Å². The summed E-state index contributed by atoms with van der Waals surface area (Å²) in [6.45, 7) is 4.51. The first-order valence-electron chi connectivity index (χ1n) is 8.32. The van der Waals surface area contributed by atoms with E-state index in [0.29, 0.717) is 0 Å². The molecule has 0 spiro atoms. The second-order valence-electron chi connectivity index (χ2n) is 6.57. The summed E-state index contributed by atoms with van der Waals surface area (Å²) < 4.78 is 7.49. The molecule has 3 rings (SSSR count). The van der Waals surface area contributed by atoms with E-state index in [-0.39, 0.29) is 6.10 Å². The Morgan fingerprint density at radius 2 is 1.36 bits per heavy atom. The normalized spacial score (nSPS) is 17.0. The Balaban J connectivity index is 1.69. The van der Waals surface area contributed by atoms with Crippen LogP contribution in [0.15, 0.2) is 60.7 Å². The van der Waals surface area contributed by atoms with Gasteiger partial charge in [-0.2, -0.15) is 0 Å². The number of likely N-dealkylation sites (tertiary alicyclic amines) is 1. The van der Waals surface area contributed by atoms with E-state index in [4.69, 9.17) is 4.74 Å². The molecule has 0 aliphatic carbocycles. The van der Waals surface area contributed by atoms with Gasteiger partial charge in [0.15, 0.2) is 0 Å². The van der Waals surface area contributed by atoms with Crippen LogP contribution in [0.4, 0.5) is 0 Å². The van der Waals surface area contributed by atoms with Gasteiger partial charge in [0.2, 0.25) is 0 Å². The fraction of sp³-hybridized carbons (Fsp3) is 0.400. The minimum atomic E-state index is 0.0385. The van der Waals surface area contributed by atoms with Gasteiger partial charge < -0.3 is 9.22 Å². The molecule has 0 amide bonds. The largest absolute Gasteiger partial charge is 0.363 e. The van der Waals surface area contributed by atoms with Crippen molar-refractivity contribution in [2.24, 2.45) is 0 Å². The minimum Gasteiger partial charge on any atom is -0.363 e. The SMILES string of the molecule is C[N+]1(CCOC(c2ccccc2)c2ccccc2)CCCC1. The molecule has 0 bridgehead atoms. The zero-order chi connectivity index (χ0) is 15.3. The van der Waals surface area contributed by atoms with Gasteiger partial charge >= 0.3 is 0 Å². The molecule has 116 valence electrons. The number of nitrogens with zero attached hydrogens (tertiary/aromatic N) is 1. The molecule has 1 saturated heterocycles. The van der Waals surface area contributed by atoms with Crippen molar-refractivity contribution in [1.82, 2.24) is 0 Å². The van der Waals surface area contributed by atoms with Gasteiger partial charge in [-0.05, 0) is 11.1 Å². The number of rotatable bonds is 6. The molecule has 22 heavy (non-hydrogen) atoms. The quantitative estimate of drug-likeness (QED) is 0.731. The highest BCUT2D eigenvalue weighted by molar-refractivity contribution is 5.29. The molecule has 2 heteroatoms. The number of quaternary nitrogens is 1. The fourth-order valence-corrected chi connectivity index (χ4v) is 3.35. The molecule has 0 aromatic heterocycles. The Kier molecular flexibility index (Phi) is 4.91. The van der Waals surface area contributed by atoms with Gasteiger partial charge in [0, 0.05) is 12.8 Å². The fourth-order valence-electron chi connectivity index (χ4n) is 3.35. The maximum atomic E-state index is 6.33. The van der Waals surface area contributed by atoms with E-state index < -0.39 is 0 Å². The lowest BCUT2D eigenvalue weighted by Crippen LogP contribution is -2.43. The van der Waals surface area contributed by atoms with Gasteiger partial charge in [0.1, 0.15) is 12.6 Å². The Labute approximate surface area is 133 Å². The van der Waals surface area contributed by atoms with Crippen LogP contribution in [-0.2, 0) is 4.74 Å². The summed E-state index contributed by atoms with van der Waals surface area (Å²) in [5.41, 5.74) is 2.47. The third-order valence-corrected chi connectivity index (χ3v) is 4.77. The molecule has 0 saturated carbocycles. The van der Waals surface area contributed by atoms with Crippen LogP contribution in [-0.4, -0.2) is 37.8 Å². The van der Waals surface area contributed by atoms with E-state index in [9.17, 15) is 0 Å². The van der Waals surface area contributed by atoms with Crippen LogP contribution in [0.1, 0.15) is 30.1 Å². The number of ether oxygens (including phenoxy) is 1. The van der Waals surface area contributed by atoms with Gasteiger partial charge in [-0.1, -0.05) is 60.7 Å². The maximum Gasteiger partial charge on any atom is 0.108 e. The average Bonchev–Trinajstić information content (AvgIpc) is 3.00. The number of likely N-dealkylation sites (N-methyl/N-ethyl adjacent to an activating group) is 1. The highest BCUT2D eigenvalue weighted by Crippen LogP contribution is 2.26. The maximum absolute atomic E-state index is 6.33. The second-order valence-corrected chi connectivity index (χ2v) is 6.57. The molecule has 0 atom stereocenters. The smallest absolute Gasteiger partial charge is 0.108 e. The summed E-state index contributed by atoms with van der Waals surface area (Å²) in [6.07, 6.45) is 2.76. The van der Waals surface area contributed by atoms with Crippen LogP contribution in [0.2, 0.25) is 0 Å². The first-order valence-corrected chi connectivity index (χ1v) is 8.32. The van der Waals surface area contributed by atoms with E-state index in [2.05, 4.69) is 67.7 Å². The van der Waals surface area contributed by atoms with Crippen molar-refractivity contribution >= 4 is 0 Å². The second kappa shape index (κ2) is 7.08. The summed E-state index contributed by atoms with van der Waals surface area (Å²) in [7, 11) is 2.36. The highest BCUT2D eigenvalue weighted by Gasteiger charge is 2.27. The van der Waals surface area contributed by atoms with Crippen LogP contribution in [0, 0.1) is 0 Å². The molecule has 0 N–H and O–H groups in total. The highest BCUT2D eigenvalue weighted by atomic mass is 16.5. The lowest BCUT2D eigenvalue weighted by atomic mass is 10.0. The third kappa shape index (κ3) is 3.76. The predicted octanol–water partition coefficient (Wildman–Crippen LogP) is 4.03. The van der Waals surface area contributed by atoms with E-state index in [1.54, 1.807) is 0 Å². The molecular formula is C20H26NO+. The number of hydrogen-bond donors (Lipinski definition) is 0. The first kappa shape index (κ1) is 15.3. The standard InChI is InChI=1S/C20H26NO/c1-21(14-8-9-15-21)16-17-22-20(18-10-4-2-5-11-18)19-12-6-3-7-13-19/h2-7,10-13,20H,8-9,14-17H2,1H3/q+1. The topological polar surface area (TPSA) is 9.23 Å². The molecule has 0 radical (unpaired) electrons. The van der Waals surface area contributed by atoms with Crippen molar-refractivity contribution < 1.29 is 9.22 Å². The molecule has 2 aromatic carbocycles. The van der Waals surface area contributed by atoms with E-state index in [0.717, 1.165) is 17.6 Å². The zero-order valence-electron chi connectivity index (χ0n) is 13.4. The lowest BCUT2D eigenvalue weighted by Gasteiger charge is -2.30. The van der Waals surface area contributed by atoms with Crippen molar-refractivity contribution in [2.45, 2.75) is 18.9 Å². The molecule has 0 unspecified atom stereocenters. The summed E-state index contributed by atoms with van der Waals surface area (Å²) in [4.78, 5) is 0. The summed E-state index contributed by atoms with van der Waals surface area (Å²) >= 11 is 0. The predicted molar refractivity (Wildman–Crippen MR) is 90.7 cm³/mol. The Morgan fingerprint density at radius 3 is 1.86 bits per heavy atom. The van der Waals surface area contributed by atoms with E-state index >= 15 is 0 Å². The molecule has 1 fully saturated rings. The summed E-state index contributed by atoms with van der Waals surface area (Å²) in [6, 6.07) is 21.1. The van der Waals surface area contributed by atoms with E-state index in [1.165, 1.54) is 37.1 Å². The molecule has 2 nitrogen and oxygen atoms in total. The van der Waals surface area contributed by atoms with Crippen LogP contribution in [0.3, 0.4) is 0 Å². The van der Waals surface area contributed by atoms with Crippen LogP contribution in [0.25, 0.3) is 0 Å². The molecule has 1 aliphatic heterocycles. The third-order valence-electron chi connectivity index (χ3n) is 4.77. The van der Waals surface area contributed by atoms with Crippen molar-refractivity contribution in [2.75, 3.05) is 33.3 Å². The van der Waals surface area contributed by atoms with E-state index in [1.807, 2.05) is 0 Å². The van der Waals surface area contributed by atoms with Crippen molar-refractivity contribution in [3.63, 3.8) is 0 Å². The van der Waals surface area contributed by atoms with Crippen molar-refractivity contribution in [3.8, 4) is 0 Å². The molecule has 1 aliphatic rings. The number of benzene rings is 2. The van der Waals surface area contributed by atoms with Crippen LogP contribution in [0.5, 0.6) is 0 Å².